The summed E-state index contributed by atoms with van der Waals surface area (Å²) in [6, 6.07) is 0. The molecule has 0 saturated heterocycles. The van der Waals surface area contributed by atoms with E-state index < -0.39 is 11.0 Å². The van der Waals surface area contributed by atoms with Gasteiger partial charge >= 0.3 is 0 Å². The van der Waals surface area contributed by atoms with Gasteiger partial charge in [-0.05, 0) is 6.42 Å². The molecule has 103 valence electrons. The molecular formula is C13H27NNaO3. The molecule has 1 atom stereocenters. The van der Waals surface area contributed by atoms with Crippen molar-refractivity contribution in [2.75, 3.05) is 6.54 Å². The molecule has 0 aromatic carbocycles. The van der Waals surface area contributed by atoms with Crippen LogP contribution in [0.2, 0.25) is 0 Å². The van der Waals surface area contributed by atoms with Gasteiger partial charge in [0.25, 0.3) is 0 Å². The van der Waals surface area contributed by atoms with Crippen molar-refractivity contribution in [3.63, 3.8) is 0 Å². The van der Waals surface area contributed by atoms with Crippen molar-refractivity contribution in [1.82, 2.24) is 0 Å². The van der Waals surface area contributed by atoms with E-state index in [9.17, 15) is 15.2 Å². The molecule has 0 heterocycles. The van der Waals surface area contributed by atoms with Gasteiger partial charge in [-0.3, -0.25) is 10.1 Å². The topological polar surface area (TPSA) is 63.4 Å². The summed E-state index contributed by atoms with van der Waals surface area (Å²) in [6.07, 6.45) is 10.9. The molecule has 0 amide bonds. The van der Waals surface area contributed by atoms with Crippen LogP contribution in [0.15, 0.2) is 0 Å². The Morgan fingerprint density at radius 1 is 1.00 bits per heavy atom. The van der Waals surface area contributed by atoms with Gasteiger partial charge < -0.3 is 5.11 Å². The molecule has 0 aliphatic carbocycles. The van der Waals surface area contributed by atoms with Crippen LogP contribution in [0.1, 0.15) is 71.1 Å². The second kappa shape index (κ2) is 15.4. The summed E-state index contributed by atoms with van der Waals surface area (Å²) in [7, 11) is 0. The molecule has 18 heavy (non-hydrogen) atoms. The Balaban J connectivity index is 0. The maximum atomic E-state index is 10.1. The summed E-state index contributed by atoms with van der Waals surface area (Å²) >= 11 is 0. The van der Waals surface area contributed by atoms with E-state index in [4.69, 9.17) is 0 Å². The van der Waals surface area contributed by atoms with Crippen LogP contribution in [-0.4, -0.2) is 52.2 Å². The summed E-state index contributed by atoms with van der Waals surface area (Å²) in [5, 5.41) is 19.4. The van der Waals surface area contributed by atoms with Gasteiger partial charge in [-0.25, -0.2) is 0 Å². The van der Waals surface area contributed by atoms with Crippen LogP contribution in [-0.2, 0) is 0 Å². The van der Waals surface area contributed by atoms with Gasteiger partial charge in [-0.15, -0.1) is 0 Å². The number of hydrogen-bond donors (Lipinski definition) is 1. The first-order valence-electron chi connectivity index (χ1n) is 6.96. The third kappa shape index (κ3) is 16.4. The fourth-order valence-corrected chi connectivity index (χ4v) is 1.95. The van der Waals surface area contributed by atoms with Crippen LogP contribution >= 0.6 is 0 Å². The molecule has 4 nitrogen and oxygen atoms in total. The number of nitrogens with zero attached hydrogens (tertiary/aromatic N) is 1. The fourth-order valence-electron chi connectivity index (χ4n) is 1.95. The molecule has 1 N–H and O–H groups in total. The Labute approximate surface area is 133 Å². The second-order valence-corrected chi connectivity index (χ2v) is 4.79. The average molecular weight is 268 g/mol. The van der Waals surface area contributed by atoms with Crippen LogP contribution in [0.25, 0.3) is 0 Å². The van der Waals surface area contributed by atoms with E-state index >= 15 is 0 Å². The molecule has 0 saturated carbocycles. The minimum Gasteiger partial charge on any atom is -0.386 e. The van der Waals surface area contributed by atoms with E-state index in [2.05, 4.69) is 6.92 Å². The van der Waals surface area contributed by atoms with Crippen molar-refractivity contribution >= 4 is 29.6 Å². The smallest absolute Gasteiger partial charge is 0.229 e. The Morgan fingerprint density at radius 2 is 1.44 bits per heavy atom. The van der Waals surface area contributed by atoms with Gasteiger partial charge in [0.15, 0.2) is 0 Å². The molecule has 0 aromatic rings. The van der Waals surface area contributed by atoms with E-state index in [0.29, 0.717) is 6.42 Å². The van der Waals surface area contributed by atoms with Gasteiger partial charge in [0.1, 0.15) is 6.10 Å². The number of aliphatic hydroxyl groups is 1. The molecular weight excluding hydrogens is 241 g/mol. The van der Waals surface area contributed by atoms with Crippen molar-refractivity contribution in [2.24, 2.45) is 0 Å². The Bertz CT molecular complexity index is 191. The van der Waals surface area contributed by atoms with Gasteiger partial charge in [-0.2, -0.15) is 0 Å². The van der Waals surface area contributed by atoms with E-state index in [1.54, 1.807) is 0 Å². The second-order valence-electron chi connectivity index (χ2n) is 4.79. The van der Waals surface area contributed by atoms with Crippen molar-refractivity contribution < 1.29 is 10.0 Å². The minimum atomic E-state index is -0.755. The van der Waals surface area contributed by atoms with E-state index in [0.717, 1.165) is 12.8 Å². The SMILES string of the molecule is CCCCCCCCCCCC(O)C[N+](=O)[O-].[Na]. The normalized spacial score (nSPS) is 11.9. The van der Waals surface area contributed by atoms with Crippen LogP contribution in [0.5, 0.6) is 0 Å². The summed E-state index contributed by atoms with van der Waals surface area (Å²) < 4.78 is 0. The molecule has 5 heteroatoms. The molecule has 0 aromatic heterocycles. The summed E-state index contributed by atoms with van der Waals surface area (Å²) in [5.74, 6) is 0. The van der Waals surface area contributed by atoms with E-state index in [1.165, 1.54) is 44.9 Å². The average Bonchev–Trinajstić information content (AvgIpc) is 2.26. The predicted octanol–water partition coefficient (Wildman–Crippen LogP) is 3.16. The van der Waals surface area contributed by atoms with Crippen LogP contribution in [0, 0.1) is 10.1 Å². The van der Waals surface area contributed by atoms with Crippen LogP contribution in [0.3, 0.4) is 0 Å². The first-order chi connectivity index (χ1) is 8.16. The minimum absolute atomic E-state index is 0. The number of nitro groups is 1. The first kappa shape index (κ1) is 20.7. The zero-order chi connectivity index (χ0) is 12.9. The third-order valence-corrected chi connectivity index (χ3v) is 3.00. The van der Waals surface area contributed by atoms with E-state index in [-0.39, 0.29) is 36.1 Å². The Hall–Kier alpha value is 0.360. The third-order valence-electron chi connectivity index (χ3n) is 3.00. The Morgan fingerprint density at radius 3 is 1.89 bits per heavy atom. The quantitative estimate of drug-likeness (QED) is 0.256. The molecule has 0 aliphatic heterocycles. The molecule has 0 aliphatic rings. The van der Waals surface area contributed by atoms with Gasteiger partial charge in [0, 0.05) is 34.5 Å². The molecule has 0 bridgehead atoms. The zero-order valence-electron chi connectivity index (χ0n) is 12.1. The van der Waals surface area contributed by atoms with Gasteiger partial charge in [-0.1, -0.05) is 64.7 Å². The van der Waals surface area contributed by atoms with Crippen LogP contribution in [0.4, 0.5) is 0 Å². The molecule has 1 radical (unpaired) electrons. The molecule has 0 spiro atoms. The molecule has 0 fully saturated rings. The summed E-state index contributed by atoms with van der Waals surface area (Å²) in [4.78, 5) is 9.67. The first-order valence-corrected chi connectivity index (χ1v) is 6.96. The Kier molecular flexibility index (Phi) is 17.7. The maximum Gasteiger partial charge on any atom is 0.229 e. The largest absolute Gasteiger partial charge is 0.386 e. The van der Waals surface area contributed by atoms with E-state index in [1.807, 2.05) is 0 Å². The summed E-state index contributed by atoms with van der Waals surface area (Å²) in [6.45, 7) is 1.91. The number of rotatable bonds is 12. The van der Waals surface area contributed by atoms with Crippen LogP contribution < -0.4 is 0 Å². The number of aliphatic hydroxyl groups excluding tert-OH is 1. The van der Waals surface area contributed by atoms with Crippen molar-refractivity contribution in [3.05, 3.63) is 10.1 Å². The number of hydrogen-bond acceptors (Lipinski definition) is 3. The molecule has 1 unspecified atom stereocenters. The summed E-state index contributed by atoms with van der Waals surface area (Å²) in [5.41, 5.74) is 0. The van der Waals surface area contributed by atoms with Crippen molar-refractivity contribution in [2.45, 2.75) is 77.2 Å². The van der Waals surface area contributed by atoms with Crippen molar-refractivity contribution in [1.29, 1.82) is 0 Å². The van der Waals surface area contributed by atoms with Gasteiger partial charge in [0.2, 0.25) is 6.54 Å². The predicted molar refractivity (Wildman–Crippen MR) is 75.5 cm³/mol. The monoisotopic (exact) mass is 268 g/mol. The number of unbranched alkanes of at least 4 members (excludes halogenated alkanes) is 8. The standard InChI is InChI=1S/C13H27NO3.Na/c1-2-3-4-5-6-7-8-9-10-11-13(15)12-14(16)17;/h13,15H,2-12H2,1H3;. The van der Waals surface area contributed by atoms with Crippen molar-refractivity contribution in [3.8, 4) is 0 Å². The zero-order valence-corrected chi connectivity index (χ0v) is 14.1. The van der Waals surface area contributed by atoms with Gasteiger partial charge in [0.05, 0.1) is 0 Å². The molecule has 0 rings (SSSR count). The fraction of sp³-hybridized carbons (Fsp3) is 1.00. The maximum absolute atomic E-state index is 10.1.